The van der Waals surface area contributed by atoms with Crippen LogP contribution in [0, 0.1) is 0 Å². The molecule has 1 aliphatic heterocycles. The summed E-state index contributed by atoms with van der Waals surface area (Å²) in [7, 11) is 0. The zero-order valence-electron chi connectivity index (χ0n) is 43.8. The summed E-state index contributed by atoms with van der Waals surface area (Å²) in [6.45, 7) is 31.8. The number of phenols is 1. The van der Waals surface area contributed by atoms with Crippen molar-refractivity contribution >= 4 is 0 Å². The van der Waals surface area contributed by atoms with Crippen LogP contribution in [0.5, 0.6) is 23.0 Å². The fraction of sp³-hybridized carbons (Fsp3) is 0.517. The third-order valence-corrected chi connectivity index (χ3v) is 13.2. The van der Waals surface area contributed by atoms with E-state index in [2.05, 4.69) is 143 Å². The van der Waals surface area contributed by atoms with E-state index in [4.69, 9.17) is 33.2 Å². The zero-order valence-corrected chi connectivity index (χ0v) is 43.8. The van der Waals surface area contributed by atoms with Crippen LogP contribution in [0.25, 0.3) is 0 Å². The van der Waals surface area contributed by atoms with Gasteiger partial charge in [0, 0.05) is 37.8 Å². The molecule has 10 bridgehead atoms. The average Bonchev–Trinajstić information content (AvgIpc) is 3.26. The van der Waals surface area contributed by atoms with Crippen molar-refractivity contribution in [3.8, 4) is 23.0 Å². The van der Waals surface area contributed by atoms with Crippen molar-refractivity contribution in [2.75, 3.05) is 66.1 Å². The summed E-state index contributed by atoms with van der Waals surface area (Å²) in [6, 6.07) is 24.4. The minimum Gasteiger partial charge on any atom is -0.507 e. The van der Waals surface area contributed by atoms with Gasteiger partial charge >= 0.3 is 0 Å². The van der Waals surface area contributed by atoms with Crippen LogP contribution in [0.2, 0.25) is 0 Å². The van der Waals surface area contributed by atoms with E-state index < -0.39 is 0 Å². The van der Waals surface area contributed by atoms with Gasteiger partial charge in [-0.05, 0) is 94.5 Å². The highest BCUT2D eigenvalue weighted by atomic mass is 16.6. The van der Waals surface area contributed by atoms with Crippen molar-refractivity contribution in [2.24, 2.45) is 0 Å². The maximum atomic E-state index is 12.7. The number of benzene rings is 4. The SMILES string of the molecule is CC(C)(C)c1cc2c(O)c(c1)Cc1cc(C(C)(C)C)cc(c1OCc1cccc[nH+]1)Cc1cc(C(C)(C)C)cc3c1OCCOCCOCCOCCOCCOc1c(cc(C(C)(C)C)cc1C3)C2. The van der Waals surface area contributed by atoms with Gasteiger partial charge in [-0.15, -0.1) is 0 Å². The summed E-state index contributed by atoms with van der Waals surface area (Å²) in [5, 5.41) is 12.7. The minimum absolute atomic E-state index is 0.180. The second-order valence-electron chi connectivity index (χ2n) is 23.0. The highest BCUT2D eigenvalue weighted by molar-refractivity contribution is 5.59. The van der Waals surface area contributed by atoms with Crippen molar-refractivity contribution in [1.29, 1.82) is 0 Å². The molecule has 1 aliphatic carbocycles. The molecule has 7 rings (SSSR count). The molecule has 69 heavy (non-hydrogen) atoms. The highest BCUT2D eigenvalue weighted by Crippen LogP contribution is 2.44. The normalized spacial score (nSPS) is 16.3. The molecule has 2 N–H and O–H groups in total. The van der Waals surface area contributed by atoms with E-state index in [1.54, 1.807) is 0 Å². The van der Waals surface area contributed by atoms with Crippen LogP contribution in [-0.4, -0.2) is 71.2 Å². The molecule has 0 saturated carbocycles. The fourth-order valence-electron chi connectivity index (χ4n) is 9.03. The standard InChI is InChI=1S/C60H79NO8/c1-57(2,3)48-31-40-27-42-33-49(58(4,5)6)35-44-29-45-36-51(60(10,11)12)37-46(55(45)68-26-24-66-22-20-64-18-17-63-19-21-65-23-25-67-54(42)44)30-47-38-50(59(7,8)9)34-43(28-41(32-48)53(40)62)56(47)69-39-52-15-13-14-16-61-52/h13-16,31-38,62H,17-30,39H2,1-12H3/p+1. The monoisotopic (exact) mass is 943 g/mol. The van der Waals surface area contributed by atoms with Gasteiger partial charge in [0.15, 0.2) is 12.8 Å². The van der Waals surface area contributed by atoms with E-state index in [0.29, 0.717) is 104 Å². The highest BCUT2D eigenvalue weighted by Gasteiger charge is 2.29. The lowest BCUT2D eigenvalue weighted by atomic mass is 9.79. The number of aromatic hydroxyl groups is 1. The Balaban J connectivity index is 1.54. The van der Waals surface area contributed by atoms with E-state index in [9.17, 15) is 5.11 Å². The number of nitrogens with one attached hydrogen (secondary N) is 1. The Morgan fingerprint density at radius 1 is 0.435 bits per heavy atom. The number of phenolic OH excluding ortho intramolecular Hbond substituents is 1. The molecule has 5 aromatic rings. The van der Waals surface area contributed by atoms with E-state index in [-0.39, 0.29) is 21.7 Å². The van der Waals surface area contributed by atoms with Crippen LogP contribution in [0.3, 0.4) is 0 Å². The lowest BCUT2D eigenvalue weighted by Crippen LogP contribution is -2.18. The second kappa shape index (κ2) is 22.0. The average molecular weight is 943 g/mol. The van der Waals surface area contributed by atoms with Crippen molar-refractivity contribution in [3.63, 3.8) is 0 Å². The molecule has 9 heteroatoms. The number of pyridine rings is 1. The van der Waals surface area contributed by atoms with Crippen LogP contribution in [0.1, 0.15) is 156 Å². The van der Waals surface area contributed by atoms with Gasteiger partial charge in [0.2, 0.25) is 5.69 Å². The van der Waals surface area contributed by atoms with E-state index in [1.165, 1.54) is 16.7 Å². The number of ether oxygens (including phenoxy) is 7. The van der Waals surface area contributed by atoms with Gasteiger partial charge in [-0.2, -0.15) is 0 Å². The Hall–Kier alpha value is -4.93. The molecule has 1 aromatic heterocycles. The van der Waals surface area contributed by atoms with Crippen LogP contribution in [-0.2, 0) is 72.9 Å². The predicted molar refractivity (Wildman–Crippen MR) is 275 cm³/mol. The summed E-state index contributed by atoms with van der Waals surface area (Å²) in [4.78, 5) is 3.38. The Bertz CT molecular complexity index is 2520. The number of hydrogen-bond donors (Lipinski definition) is 1. The molecule has 372 valence electrons. The molecule has 0 radical (unpaired) electrons. The Morgan fingerprint density at radius 2 is 0.754 bits per heavy atom. The van der Waals surface area contributed by atoms with Gasteiger partial charge in [0.25, 0.3) is 0 Å². The van der Waals surface area contributed by atoms with E-state index in [0.717, 1.165) is 73.0 Å². The lowest BCUT2D eigenvalue weighted by molar-refractivity contribution is -0.394. The Labute approximate surface area is 413 Å². The number of H-pyrrole nitrogens is 1. The van der Waals surface area contributed by atoms with Gasteiger partial charge < -0.3 is 38.3 Å². The minimum atomic E-state index is -0.197. The zero-order chi connectivity index (χ0) is 49.6. The molecular weight excluding hydrogens is 863 g/mol. The van der Waals surface area contributed by atoms with E-state index >= 15 is 0 Å². The number of hydrogen-bond acceptors (Lipinski definition) is 8. The van der Waals surface area contributed by atoms with Crippen molar-refractivity contribution in [2.45, 2.75) is 137 Å². The molecule has 0 fully saturated rings. The predicted octanol–water partition coefficient (Wildman–Crippen LogP) is 11.5. The molecule has 0 spiro atoms. The number of aromatic nitrogens is 1. The molecule has 9 nitrogen and oxygen atoms in total. The van der Waals surface area contributed by atoms with Crippen LogP contribution >= 0.6 is 0 Å². The quantitative estimate of drug-likeness (QED) is 0.187. The maximum Gasteiger partial charge on any atom is 0.217 e. The topological polar surface area (TPSA) is 99.0 Å². The first kappa shape index (κ1) is 51.9. The smallest absolute Gasteiger partial charge is 0.217 e. The first-order valence-electron chi connectivity index (χ1n) is 25.1. The van der Waals surface area contributed by atoms with Crippen LogP contribution in [0.4, 0.5) is 0 Å². The third kappa shape index (κ3) is 13.7. The molecule has 0 saturated heterocycles. The Kier molecular flexibility index (Phi) is 16.6. The van der Waals surface area contributed by atoms with Gasteiger partial charge in [-0.3, -0.25) is 0 Å². The van der Waals surface area contributed by atoms with E-state index in [1.807, 2.05) is 18.3 Å². The van der Waals surface area contributed by atoms with Gasteiger partial charge in [-0.25, -0.2) is 4.98 Å². The molecule has 0 unspecified atom stereocenters. The van der Waals surface area contributed by atoms with Crippen molar-refractivity contribution in [1.82, 2.24) is 0 Å². The molecule has 2 aliphatic rings. The number of aromatic amines is 1. The first-order chi connectivity index (χ1) is 32.6. The Morgan fingerprint density at radius 3 is 1.12 bits per heavy atom. The maximum absolute atomic E-state index is 12.7. The van der Waals surface area contributed by atoms with Gasteiger partial charge in [-0.1, -0.05) is 132 Å². The molecule has 2 heterocycles. The number of rotatable bonds is 3. The number of fused-ring (bicyclic) bond motifs is 4. The molecule has 4 aromatic carbocycles. The fourth-order valence-corrected chi connectivity index (χ4v) is 9.03. The molecule has 0 amide bonds. The van der Waals surface area contributed by atoms with Gasteiger partial charge in [0.1, 0.15) is 36.2 Å². The second-order valence-corrected chi connectivity index (χ2v) is 23.0. The van der Waals surface area contributed by atoms with Gasteiger partial charge in [0.05, 0.1) is 52.9 Å². The third-order valence-electron chi connectivity index (χ3n) is 13.2. The molecule has 0 atom stereocenters. The van der Waals surface area contributed by atoms with Crippen LogP contribution in [0.15, 0.2) is 72.9 Å². The summed E-state index contributed by atoms with van der Waals surface area (Å²) >= 11 is 0. The van der Waals surface area contributed by atoms with Crippen molar-refractivity contribution < 1.29 is 43.2 Å². The summed E-state index contributed by atoms with van der Waals surface area (Å²) < 4.78 is 44.8. The van der Waals surface area contributed by atoms with Crippen LogP contribution < -0.4 is 19.2 Å². The largest absolute Gasteiger partial charge is 0.507 e. The lowest BCUT2D eigenvalue weighted by Gasteiger charge is -2.29. The molecular formula is C60H80NO8+. The summed E-state index contributed by atoms with van der Waals surface area (Å²) in [5.74, 6) is 2.77. The van der Waals surface area contributed by atoms with Crippen molar-refractivity contribution in [3.05, 3.63) is 145 Å². The first-order valence-corrected chi connectivity index (χ1v) is 25.1. The summed E-state index contributed by atoms with van der Waals surface area (Å²) in [5.41, 5.74) is 13.0. The summed E-state index contributed by atoms with van der Waals surface area (Å²) in [6.07, 6.45) is 3.94.